The van der Waals surface area contributed by atoms with Crippen LogP contribution in [-0.2, 0) is 34.9 Å². The number of carbonyl (C=O) groups excluding carboxylic acids is 2. The van der Waals surface area contributed by atoms with Crippen LogP contribution in [0.3, 0.4) is 0 Å². The van der Waals surface area contributed by atoms with Gasteiger partial charge in [0.25, 0.3) is 0 Å². The summed E-state index contributed by atoms with van der Waals surface area (Å²) in [6.07, 6.45) is 18.9. The zero-order chi connectivity index (χ0) is 19.1. The zero-order valence-electron chi connectivity index (χ0n) is 14.9. The Hall–Kier alpha value is -1.79. The summed E-state index contributed by atoms with van der Waals surface area (Å²) in [7, 11) is 0.750. The van der Waals surface area contributed by atoms with E-state index in [0.29, 0.717) is 0 Å². The second kappa shape index (κ2) is 9.79. The van der Waals surface area contributed by atoms with Gasteiger partial charge in [0.05, 0.1) is 0 Å². The zero-order valence-corrected chi connectivity index (χ0v) is 16.5. The Kier molecular flexibility index (Phi) is 7.73. The molecule has 0 bridgehead atoms. The molecule has 0 amide bonds. The Balaban J connectivity index is 0.00000117. The van der Waals surface area contributed by atoms with Crippen molar-refractivity contribution >= 4 is 11.9 Å². The molecule has 0 aromatic carbocycles. The maximum atomic E-state index is 11.6. The summed E-state index contributed by atoms with van der Waals surface area (Å²) in [5.74, 6) is 2.36. The van der Waals surface area contributed by atoms with E-state index in [1.807, 2.05) is 11.8 Å². The second-order valence-corrected chi connectivity index (χ2v) is 9.02. The predicted molar refractivity (Wildman–Crippen MR) is 90.5 cm³/mol. The molecule has 0 saturated heterocycles. The van der Waals surface area contributed by atoms with E-state index in [1.165, 1.54) is 35.1 Å². The fraction of sp³-hybridized carbons (Fsp3) is 0.500. The van der Waals surface area contributed by atoms with Crippen molar-refractivity contribution in [2.45, 2.75) is 55.6 Å². The number of rotatable bonds is 3. The topological polar surface area (TPSA) is 75.7 Å². The first kappa shape index (κ1) is 20.5. The third kappa shape index (κ3) is 4.48. The quantitative estimate of drug-likeness (QED) is 0.546. The van der Waals surface area contributed by atoms with Crippen LogP contribution in [0.25, 0.3) is 0 Å². The smallest absolute Gasteiger partial charge is 0.153 e. The van der Waals surface area contributed by atoms with E-state index < -0.39 is 30.6 Å². The van der Waals surface area contributed by atoms with Crippen molar-refractivity contribution in [2.75, 3.05) is 7.11 Å². The average Bonchev–Trinajstić information content (AvgIpc) is 3.07. The Bertz CT molecular complexity index is 691. The average molecular weight is 390 g/mol. The van der Waals surface area contributed by atoms with E-state index in [9.17, 15) is 9.59 Å². The molecule has 3 rings (SSSR count). The van der Waals surface area contributed by atoms with Crippen LogP contribution in [0.2, 0.25) is 4.22 Å². The Labute approximate surface area is 161 Å². The van der Waals surface area contributed by atoms with Crippen LogP contribution < -0.4 is 5.11 Å². The molecule has 5 nitrogen and oxygen atoms in total. The molecular weight excluding hydrogens is 368 g/mol. The summed E-state index contributed by atoms with van der Waals surface area (Å²) < 4.78 is 10.8. The Morgan fingerprint density at radius 2 is 1.58 bits per heavy atom. The van der Waals surface area contributed by atoms with Crippen molar-refractivity contribution in [1.82, 2.24) is 0 Å². The maximum absolute atomic E-state index is 11.6. The van der Waals surface area contributed by atoms with Crippen LogP contribution in [0.5, 0.6) is 0 Å². The monoisotopic (exact) mass is 390 g/mol. The van der Waals surface area contributed by atoms with Crippen LogP contribution in [0.4, 0.5) is 0 Å². The van der Waals surface area contributed by atoms with E-state index in [2.05, 4.69) is 0 Å². The standard InChI is InChI=1S/C13H17.2C3H2O2.CH3O.Ti/c1-3-7-12-10(5-1)9-11-6-2-4-8-13(11)12;2*1-2-3(4)5;1-2;/h5H,1-4,6-9H2;2*1H,(H,4,5);1H3;/q;;;-1;+3/p-2. The molecule has 0 spiro atoms. The van der Waals surface area contributed by atoms with Gasteiger partial charge in [0.15, 0.2) is 0 Å². The first-order chi connectivity index (χ1) is 12.6. The first-order valence-electron chi connectivity index (χ1n) is 8.71. The molecule has 26 heavy (non-hydrogen) atoms. The number of hydrogen-bond acceptors (Lipinski definition) is 5. The number of fused-ring (bicyclic) bond motifs is 1. The molecule has 1 unspecified atom stereocenters. The van der Waals surface area contributed by atoms with Gasteiger partial charge in [-0.3, -0.25) is 0 Å². The van der Waals surface area contributed by atoms with E-state index in [-0.39, 0.29) is 4.22 Å². The first-order valence-corrected chi connectivity index (χ1v) is 10.9. The normalized spacial score (nSPS) is 20.5. The van der Waals surface area contributed by atoms with Crippen LogP contribution in [0.15, 0.2) is 22.3 Å². The molecule has 0 fully saturated rings. The number of carbonyl (C=O) groups is 2. The summed E-state index contributed by atoms with van der Waals surface area (Å²) >= 11 is -2.99. The molecular formula is C20H22O5Ti. The van der Waals surface area contributed by atoms with Crippen molar-refractivity contribution in [3.8, 4) is 24.7 Å². The van der Waals surface area contributed by atoms with Crippen molar-refractivity contribution < 1.29 is 40.0 Å². The van der Waals surface area contributed by atoms with Gasteiger partial charge in [-0.05, 0) is 0 Å². The van der Waals surface area contributed by atoms with Gasteiger partial charge >= 0.3 is 149 Å². The largest absolute Gasteiger partial charge is 0.857 e. The molecule has 0 radical (unpaired) electrons. The molecule has 1 atom stereocenters. The minimum atomic E-state index is -2.99. The predicted octanol–water partition coefficient (Wildman–Crippen LogP) is 2.31. The summed E-state index contributed by atoms with van der Waals surface area (Å²) in [5, 5.41) is 8.25. The molecule has 3 aliphatic rings. The van der Waals surface area contributed by atoms with Gasteiger partial charge in [0.1, 0.15) is 0 Å². The van der Waals surface area contributed by atoms with Crippen LogP contribution in [0.1, 0.15) is 51.4 Å². The van der Waals surface area contributed by atoms with E-state index in [4.69, 9.17) is 24.6 Å². The van der Waals surface area contributed by atoms with Gasteiger partial charge in [0, 0.05) is 0 Å². The Morgan fingerprint density at radius 1 is 1.00 bits per heavy atom. The van der Waals surface area contributed by atoms with Crippen molar-refractivity contribution in [1.29, 1.82) is 0 Å². The molecule has 3 aliphatic carbocycles. The van der Waals surface area contributed by atoms with Gasteiger partial charge < -0.3 is 5.11 Å². The van der Waals surface area contributed by atoms with Crippen molar-refractivity contribution in [2.24, 2.45) is 0 Å². The minimum Gasteiger partial charge on any atom is -0.857 e. The maximum Gasteiger partial charge on any atom is -0.153 e. The summed E-state index contributed by atoms with van der Waals surface area (Å²) in [6.45, 7) is 0. The molecule has 0 aliphatic heterocycles. The van der Waals surface area contributed by atoms with Crippen LogP contribution in [0, 0.1) is 24.7 Å². The van der Waals surface area contributed by atoms with Gasteiger partial charge in [-0.25, -0.2) is 0 Å². The minimum absolute atomic E-state index is 0.00829. The number of allylic oxidation sites excluding steroid dienone is 4. The second-order valence-electron chi connectivity index (χ2n) is 6.30. The number of hydrogen-bond donors (Lipinski definition) is 0. The fourth-order valence-corrected chi connectivity index (χ4v) is 6.85. The third-order valence-electron chi connectivity index (χ3n) is 4.98. The van der Waals surface area contributed by atoms with Crippen LogP contribution >= 0.6 is 0 Å². The molecule has 136 valence electrons. The van der Waals surface area contributed by atoms with Gasteiger partial charge in [-0.1, -0.05) is 0 Å². The van der Waals surface area contributed by atoms with Crippen LogP contribution in [-0.4, -0.2) is 19.0 Å². The van der Waals surface area contributed by atoms with Gasteiger partial charge in [-0.2, -0.15) is 7.11 Å². The fourth-order valence-electron chi connectivity index (χ4n) is 4.02. The summed E-state index contributed by atoms with van der Waals surface area (Å²) in [4.78, 5) is 23.2. The van der Waals surface area contributed by atoms with Crippen molar-refractivity contribution in [3.05, 3.63) is 22.3 Å². The van der Waals surface area contributed by atoms with Gasteiger partial charge in [0.2, 0.25) is 0 Å². The molecule has 6 heteroatoms. The van der Waals surface area contributed by atoms with Crippen molar-refractivity contribution in [3.63, 3.8) is 0 Å². The molecule has 0 heterocycles. The Morgan fingerprint density at radius 3 is 2.19 bits per heavy atom. The summed E-state index contributed by atoms with van der Waals surface area (Å²) in [5.41, 5.74) is 5.80. The molecule has 0 saturated carbocycles. The number of terminal acetylenes is 2. The van der Waals surface area contributed by atoms with Gasteiger partial charge in [-0.15, -0.1) is 0 Å². The van der Waals surface area contributed by atoms with E-state index in [0.717, 1.165) is 45.6 Å². The molecule has 0 aromatic heterocycles. The van der Waals surface area contributed by atoms with E-state index >= 15 is 0 Å². The molecule has 0 aromatic rings. The summed E-state index contributed by atoms with van der Waals surface area (Å²) in [6, 6.07) is 0. The van der Waals surface area contributed by atoms with E-state index in [1.54, 1.807) is 0 Å². The molecule has 0 N–H and O–H groups in total. The third-order valence-corrected chi connectivity index (χ3v) is 8.08. The SMILES string of the molecule is C#CC(=O)[O][Ti+]([O]C(=O)C#C)[CH]1CCCC2=C1CC1=C2CCCC1.C[O-].